The van der Waals surface area contributed by atoms with Crippen LogP contribution in [0.5, 0.6) is 17.2 Å². The van der Waals surface area contributed by atoms with E-state index in [4.69, 9.17) is 9.47 Å². The molecule has 0 unspecified atom stereocenters. The van der Waals surface area contributed by atoms with Gasteiger partial charge in [-0.3, -0.25) is 9.69 Å². The molecule has 0 saturated carbocycles. The van der Waals surface area contributed by atoms with Gasteiger partial charge in [-0.2, -0.15) is 0 Å². The Balaban J connectivity index is 1.52. The molecule has 1 saturated heterocycles. The van der Waals surface area contributed by atoms with Crippen molar-refractivity contribution in [3.63, 3.8) is 0 Å². The molecule has 0 aromatic heterocycles. The highest BCUT2D eigenvalue weighted by molar-refractivity contribution is 6.06. The third kappa shape index (κ3) is 5.34. The van der Waals surface area contributed by atoms with Crippen LogP contribution in [0, 0.1) is 6.92 Å². The number of anilines is 1. The van der Waals surface area contributed by atoms with Crippen LogP contribution in [0.1, 0.15) is 34.3 Å². The van der Waals surface area contributed by atoms with Crippen molar-refractivity contribution in [1.29, 1.82) is 0 Å². The summed E-state index contributed by atoms with van der Waals surface area (Å²) in [5.74, 6) is 1.38. The van der Waals surface area contributed by atoms with Crippen LogP contribution in [0.4, 0.5) is 5.69 Å². The molecule has 3 aromatic carbocycles. The van der Waals surface area contributed by atoms with Crippen LogP contribution < -0.4 is 14.4 Å². The highest BCUT2D eigenvalue weighted by Gasteiger charge is 2.30. The molecule has 3 aromatic rings. The third-order valence-electron chi connectivity index (χ3n) is 6.42. The zero-order valence-electron chi connectivity index (χ0n) is 20.0. The number of amides is 1. The second-order valence-corrected chi connectivity index (χ2v) is 8.76. The summed E-state index contributed by atoms with van der Waals surface area (Å²) in [7, 11) is 3.20. The molecular formula is C28H32N2O4. The van der Waals surface area contributed by atoms with Crippen LogP contribution in [0.2, 0.25) is 0 Å². The number of aryl methyl sites for hydroxylation is 1. The summed E-state index contributed by atoms with van der Waals surface area (Å²) in [6.07, 6.45) is 1.73. The van der Waals surface area contributed by atoms with Gasteiger partial charge >= 0.3 is 0 Å². The molecule has 1 aliphatic heterocycles. The number of carbonyl (C=O) groups excluding carboxylic acids is 1. The van der Waals surface area contributed by atoms with E-state index in [1.54, 1.807) is 20.3 Å². The van der Waals surface area contributed by atoms with E-state index in [-0.39, 0.29) is 17.7 Å². The van der Waals surface area contributed by atoms with Gasteiger partial charge < -0.3 is 19.5 Å². The largest absolute Gasteiger partial charge is 0.504 e. The normalized spacial score (nSPS) is 14.6. The summed E-state index contributed by atoms with van der Waals surface area (Å²) in [5.41, 5.74) is 3.76. The Morgan fingerprint density at radius 2 is 1.74 bits per heavy atom. The zero-order chi connectivity index (χ0) is 24.1. The van der Waals surface area contributed by atoms with Gasteiger partial charge in [0.05, 0.1) is 14.2 Å². The average Bonchev–Trinajstić information content (AvgIpc) is 2.87. The molecule has 0 bridgehead atoms. The number of likely N-dealkylation sites (tertiary alicyclic amines) is 1. The highest BCUT2D eigenvalue weighted by Crippen LogP contribution is 2.30. The number of carbonyl (C=O) groups is 1. The molecule has 34 heavy (non-hydrogen) atoms. The number of piperidine rings is 1. The van der Waals surface area contributed by atoms with Crippen molar-refractivity contribution >= 4 is 11.6 Å². The fourth-order valence-corrected chi connectivity index (χ4v) is 4.50. The standard InChI is InChI=1S/C28H32N2O4/c1-20-7-10-22(11-8-20)28(32)30(24-5-4-6-25(18-24)33-2)23-13-15-29(16-14-23)19-21-9-12-26(31)27(17-21)34-3/h4-12,17-18,23,31H,13-16,19H2,1-3H3. The quantitative estimate of drug-likeness (QED) is 0.536. The Hall–Kier alpha value is -3.51. The van der Waals surface area contributed by atoms with E-state index >= 15 is 0 Å². The first-order valence-corrected chi connectivity index (χ1v) is 11.6. The molecule has 0 spiro atoms. The summed E-state index contributed by atoms with van der Waals surface area (Å²) in [6.45, 7) is 4.53. The van der Waals surface area contributed by atoms with E-state index < -0.39 is 0 Å². The minimum absolute atomic E-state index is 0.00924. The van der Waals surface area contributed by atoms with Crippen LogP contribution in [-0.2, 0) is 6.54 Å². The Morgan fingerprint density at radius 3 is 2.41 bits per heavy atom. The molecule has 178 valence electrons. The van der Waals surface area contributed by atoms with E-state index in [0.717, 1.165) is 55.0 Å². The van der Waals surface area contributed by atoms with E-state index in [2.05, 4.69) is 4.90 Å². The predicted octanol–water partition coefficient (Wildman–Crippen LogP) is 5.03. The van der Waals surface area contributed by atoms with E-state index in [1.165, 1.54) is 0 Å². The average molecular weight is 461 g/mol. The maximum absolute atomic E-state index is 13.7. The highest BCUT2D eigenvalue weighted by atomic mass is 16.5. The molecule has 1 fully saturated rings. The minimum atomic E-state index is 0.00924. The summed E-state index contributed by atoms with van der Waals surface area (Å²) >= 11 is 0. The van der Waals surface area contributed by atoms with Crippen molar-refractivity contribution < 1.29 is 19.4 Å². The molecule has 1 N–H and O–H groups in total. The number of rotatable bonds is 7. The summed E-state index contributed by atoms with van der Waals surface area (Å²) in [4.78, 5) is 18.0. The van der Waals surface area contributed by atoms with Gasteiger partial charge in [0.25, 0.3) is 5.91 Å². The molecule has 0 aliphatic carbocycles. The van der Waals surface area contributed by atoms with Gasteiger partial charge in [-0.15, -0.1) is 0 Å². The topological polar surface area (TPSA) is 62.2 Å². The maximum Gasteiger partial charge on any atom is 0.258 e. The van der Waals surface area contributed by atoms with E-state index in [9.17, 15) is 9.90 Å². The second kappa shape index (κ2) is 10.6. The lowest BCUT2D eigenvalue weighted by Crippen LogP contribution is -2.47. The third-order valence-corrected chi connectivity index (χ3v) is 6.42. The fraction of sp³-hybridized carbons (Fsp3) is 0.321. The first-order valence-electron chi connectivity index (χ1n) is 11.6. The van der Waals surface area contributed by atoms with Crippen molar-refractivity contribution in [2.24, 2.45) is 0 Å². The number of aromatic hydroxyl groups is 1. The van der Waals surface area contributed by atoms with E-state index in [1.807, 2.05) is 72.5 Å². The van der Waals surface area contributed by atoms with Crippen molar-refractivity contribution in [3.05, 3.63) is 83.4 Å². The van der Waals surface area contributed by atoms with Gasteiger partial charge in [0, 0.05) is 43.0 Å². The van der Waals surface area contributed by atoms with Crippen molar-refractivity contribution in [1.82, 2.24) is 4.90 Å². The molecule has 0 radical (unpaired) electrons. The number of hydrogen-bond acceptors (Lipinski definition) is 5. The zero-order valence-corrected chi connectivity index (χ0v) is 20.0. The van der Waals surface area contributed by atoms with Gasteiger partial charge in [0.1, 0.15) is 5.75 Å². The second-order valence-electron chi connectivity index (χ2n) is 8.76. The maximum atomic E-state index is 13.7. The number of benzene rings is 3. The first kappa shape index (κ1) is 23.6. The molecule has 6 heteroatoms. The van der Waals surface area contributed by atoms with Crippen LogP contribution in [0.3, 0.4) is 0 Å². The van der Waals surface area contributed by atoms with Crippen LogP contribution in [0.25, 0.3) is 0 Å². The predicted molar refractivity (Wildman–Crippen MR) is 134 cm³/mol. The minimum Gasteiger partial charge on any atom is -0.504 e. The van der Waals surface area contributed by atoms with Gasteiger partial charge in [-0.1, -0.05) is 29.8 Å². The lowest BCUT2D eigenvalue weighted by molar-refractivity contribution is 0.0958. The Morgan fingerprint density at radius 1 is 1.00 bits per heavy atom. The van der Waals surface area contributed by atoms with Gasteiger partial charge in [-0.25, -0.2) is 0 Å². The SMILES string of the molecule is COc1cccc(N(C(=O)c2ccc(C)cc2)C2CCN(Cc3ccc(O)c(OC)c3)CC2)c1. The lowest BCUT2D eigenvalue weighted by atomic mass is 9.99. The summed E-state index contributed by atoms with van der Waals surface area (Å²) < 4.78 is 10.7. The van der Waals surface area contributed by atoms with E-state index in [0.29, 0.717) is 11.3 Å². The Bertz CT molecular complexity index is 1120. The lowest BCUT2D eigenvalue weighted by Gasteiger charge is -2.39. The number of hydrogen-bond donors (Lipinski definition) is 1. The summed E-state index contributed by atoms with van der Waals surface area (Å²) in [6, 6.07) is 21.1. The van der Waals surface area contributed by atoms with Crippen molar-refractivity contribution in [3.8, 4) is 17.2 Å². The fourth-order valence-electron chi connectivity index (χ4n) is 4.50. The Labute approximate surface area is 201 Å². The molecule has 1 aliphatic rings. The number of phenolic OH excluding ortho intramolecular Hbond substituents is 1. The molecular weight excluding hydrogens is 428 g/mol. The molecule has 6 nitrogen and oxygen atoms in total. The van der Waals surface area contributed by atoms with Crippen molar-refractivity contribution in [2.75, 3.05) is 32.2 Å². The number of methoxy groups -OCH3 is 2. The molecule has 0 atom stereocenters. The number of nitrogens with zero attached hydrogens (tertiary/aromatic N) is 2. The monoisotopic (exact) mass is 460 g/mol. The smallest absolute Gasteiger partial charge is 0.258 e. The first-order chi connectivity index (χ1) is 16.5. The number of ether oxygens (including phenoxy) is 2. The van der Waals surface area contributed by atoms with Gasteiger partial charge in [0.15, 0.2) is 11.5 Å². The number of phenols is 1. The van der Waals surface area contributed by atoms with Gasteiger partial charge in [-0.05, 0) is 61.7 Å². The van der Waals surface area contributed by atoms with Crippen LogP contribution in [0.15, 0.2) is 66.7 Å². The van der Waals surface area contributed by atoms with Crippen molar-refractivity contribution in [2.45, 2.75) is 32.4 Å². The van der Waals surface area contributed by atoms with Crippen LogP contribution >= 0.6 is 0 Å². The molecule has 4 rings (SSSR count). The molecule has 1 heterocycles. The van der Waals surface area contributed by atoms with Crippen LogP contribution in [-0.4, -0.2) is 49.3 Å². The molecule has 1 amide bonds. The van der Waals surface area contributed by atoms with Gasteiger partial charge in [0.2, 0.25) is 0 Å². The Kier molecular flexibility index (Phi) is 7.38. The summed E-state index contributed by atoms with van der Waals surface area (Å²) in [5, 5.41) is 9.86.